The number of benzene rings is 2. The van der Waals surface area contributed by atoms with Crippen molar-refractivity contribution in [3.8, 4) is 5.75 Å². The summed E-state index contributed by atoms with van der Waals surface area (Å²) in [6.07, 6.45) is -1.54. The quantitative estimate of drug-likeness (QED) is 0.927. The molecule has 0 aliphatic carbocycles. The summed E-state index contributed by atoms with van der Waals surface area (Å²) in [5.74, 6) is -1.35. The van der Waals surface area contributed by atoms with E-state index >= 15 is 0 Å². The van der Waals surface area contributed by atoms with E-state index in [9.17, 15) is 13.9 Å². The van der Waals surface area contributed by atoms with Crippen LogP contribution in [0, 0.1) is 18.6 Å². The van der Waals surface area contributed by atoms with E-state index in [0.29, 0.717) is 0 Å². The van der Waals surface area contributed by atoms with Crippen LogP contribution >= 0.6 is 11.6 Å². The van der Waals surface area contributed by atoms with Gasteiger partial charge in [-0.2, -0.15) is 0 Å². The van der Waals surface area contributed by atoms with Gasteiger partial charge in [0.05, 0.1) is 17.7 Å². The summed E-state index contributed by atoms with van der Waals surface area (Å²) in [4.78, 5) is 0. The van der Waals surface area contributed by atoms with Gasteiger partial charge in [0.2, 0.25) is 0 Å². The van der Waals surface area contributed by atoms with Gasteiger partial charge in [0.1, 0.15) is 23.5 Å². The molecule has 1 atom stereocenters. The average Bonchev–Trinajstić information content (AvgIpc) is 2.42. The van der Waals surface area contributed by atoms with Gasteiger partial charge in [-0.25, -0.2) is 8.78 Å². The predicted octanol–water partition coefficient (Wildman–Crippen LogP) is 4.02. The molecule has 2 rings (SSSR count). The van der Waals surface area contributed by atoms with E-state index in [1.807, 2.05) is 0 Å². The fraction of sp³-hybridized carbons (Fsp3) is 0.200. The number of aliphatic hydroxyl groups is 1. The van der Waals surface area contributed by atoms with Gasteiger partial charge in [-0.15, -0.1) is 0 Å². The van der Waals surface area contributed by atoms with Crippen LogP contribution in [0.3, 0.4) is 0 Å². The van der Waals surface area contributed by atoms with E-state index in [0.717, 1.165) is 6.07 Å². The molecule has 0 amide bonds. The van der Waals surface area contributed by atoms with E-state index in [1.165, 1.54) is 26.2 Å². The maximum absolute atomic E-state index is 14.1. The molecular formula is C15H13ClF2O2. The zero-order chi connectivity index (χ0) is 14.9. The molecule has 0 radical (unpaired) electrons. The summed E-state index contributed by atoms with van der Waals surface area (Å²) in [5.41, 5.74) is -0.0528. The zero-order valence-corrected chi connectivity index (χ0v) is 11.7. The molecule has 0 bridgehead atoms. The minimum absolute atomic E-state index is 0.139. The Labute approximate surface area is 120 Å². The average molecular weight is 299 g/mol. The molecule has 0 saturated carbocycles. The summed E-state index contributed by atoms with van der Waals surface area (Å²) in [5, 5.41) is 10.5. The summed E-state index contributed by atoms with van der Waals surface area (Å²) in [6.45, 7) is 1.49. The van der Waals surface area contributed by atoms with Crippen molar-refractivity contribution in [1.29, 1.82) is 0 Å². The lowest BCUT2D eigenvalue weighted by Gasteiger charge is -2.18. The smallest absolute Gasteiger partial charge is 0.135 e. The van der Waals surface area contributed by atoms with E-state index in [4.69, 9.17) is 16.3 Å². The molecule has 0 aliphatic heterocycles. The second kappa shape index (κ2) is 5.77. The Morgan fingerprint density at radius 3 is 2.50 bits per heavy atom. The summed E-state index contributed by atoms with van der Waals surface area (Å²) < 4.78 is 33.0. The molecule has 2 aromatic rings. The highest BCUT2D eigenvalue weighted by molar-refractivity contribution is 6.31. The van der Waals surface area contributed by atoms with Gasteiger partial charge in [0, 0.05) is 5.56 Å². The zero-order valence-electron chi connectivity index (χ0n) is 11.0. The molecule has 0 heterocycles. The van der Waals surface area contributed by atoms with Crippen LogP contribution in [0.2, 0.25) is 5.02 Å². The van der Waals surface area contributed by atoms with Crippen LogP contribution in [0.25, 0.3) is 0 Å². The van der Waals surface area contributed by atoms with Gasteiger partial charge < -0.3 is 9.84 Å². The van der Waals surface area contributed by atoms with E-state index in [2.05, 4.69) is 0 Å². The number of ether oxygens (including phenoxy) is 1. The fourth-order valence-electron chi connectivity index (χ4n) is 2.03. The van der Waals surface area contributed by atoms with Crippen molar-refractivity contribution in [2.45, 2.75) is 13.0 Å². The van der Waals surface area contributed by atoms with Crippen molar-refractivity contribution in [3.05, 3.63) is 63.7 Å². The van der Waals surface area contributed by atoms with Gasteiger partial charge in [0.15, 0.2) is 0 Å². The monoisotopic (exact) mass is 298 g/mol. The molecule has 0 aliphatic rings. The Morgan fingerprint density at radius 1 is 1.15 bits per heavy atom. The Hall–Kier alpha value is -1.65. The lowest BCUT2D eigenvalue weighted by molar-refractivity contribution is 0.204. The van der Waals surface area contributed by atoms with Crippen molar-refractivity contribution < 1.29 is 18.6 Å². The summed E-state index contributed by atoms with van der Waals surface area (Å²) >= 11 is 6.01. The number of halogens is 3. The van der Waals surface area contributed by atoms with Gasteiger partial charge >= 0.3 is 0 Å². The maximum atomic E-state index is 14.1. The highest BCUT2D eigenvalue weighted by Gasteiger charge is 2.25. The normalized spacial score (nSPS) is 12.3. The van der Waals surface area contributed by atoms with Crippen LogP contribution in [-0.4, -0.2) is 12.2 Å². The molecule has 0 spiro atoms. The molecular weight excluding hydrogens is 286 g/mol. The maximum Gasteiger partial charge on any atom is 0.135 e. The lowest BCUT2D eigenvalue weighted by atomic mass is 9.97. The number of hydrogen-bond donors (Lipinski definition) is 1. The minimum Gasteiger partial charge on any atom is -0.496 e. The summed E-state index contributed by atoms with van der Waals surface area (Å²) in [7, 11) is 1.39. The Balaban J connectivity index is 2.64. The van der Waals surface area contributed by atoms with Crippen molar-refractivity contribution in [2.75, 3.05) is 7.11 Å². The van der Waals surface area contributed by atoms with Gasteiger partial charge in [-0.05, 0) is 30.7 Å². The van der Waals surface area contributed by atoms with Gasteiger partial charge in [0.25, 0.3) is 0 Å². The number of aliphatic hydroxyl groups excluding tert-OH is 1. The first-order valence-electron chi connectivity index (χ1n) is 5.92. The van der Waals surface area contributed by atoms with Crippen LogP contribution in [0.5, 0.6) is 5.75 Å². The van der Waals surface area contributed by atoms with Crippen LogP contribution in [0.4, 0.5) is 8.78 Å². The highest BCUT2D eigenvalue weighted by Crippen LogP contribution is 2.37. The largest absolute Gasteiger partial charge is 0.496 e. The molecule has 0 saturated heterocycles. The molecule has 106 valence electrons. The van der Waals surface area contributed by atoms with Crippen LogP contribution in [0.15, 0.2) is 30.3 Å². The first kappa shape index (κ1) is 14.8. The van der Waals surface area contributed by atoms with Crippen molar-refractivity contribution in [2.24, 2.45) is 0 Å². The van der Waals surface area contributed by atoms with Crippen molar-refractivity contribution in [1.82, 2.24) is 0 Å². The number of methoxy groups -OCH3 is 1. The third kappa shape index (κ3) is 2.49. The fourth-order valence-corrected chi connectivity index (χ4v) is 2.30. The Morgan fingerprint density at radius 2 is 1.85 bits per heavy atom. The van der Waals surface area contributed by atoms with Gasteiger partial charge in [-0.1, -0.05) is 23.7 Å². The number of aryl methyl sites for hydroxylation is 1. The van der Waals surface area contributed by atoms with Gasteiger partial charge in [-0.3, -0.25) is 0 Å². The number of hydrogen-bond acceptors (Lipinski definition) is 2. The van der Waals surface area contributed by atoms with Crippen molar-refractivity contribution in [3.63, 3.8) is 0 Å². The SMILES string of the molecule is COc1cccc(Cl)c1C(O)c1c(F)ccc(C)c1F. The molecule has 0 fully saturated rings. The molecule has 1 unspecified atom stereocenters. The molecule has 5 heteroatoms. The Bertz CT molecular complexity index is 644. The third-order valence-electron chi connectivity index (χ3n) is 3.10. The molecule has 20 heavy (non-hydrogen) atoms. The standard InChI is InChI=1S/C15H13ClF2O2/c1-8-6-7-10(17)13(14(8)18)15(19)12-9(16)4-3-5-11(12)20-2/h3-7,15,19H,1-2H3. The van der Waals surface area contributed by atoms with Crippen LogP contribution in [-0.2, 0) is 0 Å². The predicted molar refractivity (Wildman–Crippen MR) is 73.2 cm³/mol. The molecule has 2 aromatic carbocycles. The first-order valence-corrected chi connectivity index (χ1v) is 6.30. The highest BCUT2D eigenvalue weighted by atomic mass is 35.5. The topological polar surface area (TPSA) is 29.5 Å². The van der Waals surface area contributed by atoms with E-state index in [1.54, 1.807) is 12.1 Å². The Kier molecular flexibility index (Phi) is 4.26. The number of rotatable bonds is 3. The lowest BCUT2D eigenvalue weighted by Crippen LogP contribution is -2.09. The third-order valence-corrected chi connectivity index (χ3v) is 3.43. The second-order valence-electron chi connectivity index (χ2n) is 4.35. The molecule has 1 N–H and O–H groups in total. The summed E-state index contributed by atoms with van der Waals surface area (Å²) in [6, 6.07) is 7.13. The second-order valence-corrected chi connectivity index (χ2v) is 4.76. The van der Waals surface area contributed by atoms with Crippen LogP contribution < -0.4 is 4.74 Å². The first-order chi connectivity index (χ1) is 9.47. The van der Waals surface area contributed by atoms with E-state index < -0.39 is 23.3 Å². The van der Waals surface area contributed by atoms with E-state index in [-0.39, 0.29) is 21.9 Å². The minimum atomic E-state index is -1.54. The van der Waals surface area contributed by atoms with Crippen molar-refractivity contribution >= 4 is 11.6 Å². The molecule has 2 nitrogen and oxygen atoms in total. The molecule has 0 aromatic heterocycles. The van der Waals surface area contributed by atoms with Crippen LogP contribution in [0.1, 0.15) is 22.8 Å².